The molecule has 0 fully saturated rings. The number of benzene rings is 1. The van der Waals surface area contributed by atoms with Crippen LogP contribution >= 0.6 is 0 Å². The van der Waals surface area contributed by atoms with Crippen LogP contribution in [0.25, 0.3) is 50.0 Å². The largest absolute Gasteiger partial charge is 0.353 e. The third-order valence-corrected chi connectivity index (χ3v) is 5.70. The Hall–Kier alpha value is -3.77. The first-order valence-corrected chi connectivity index (χ1v) is 10.1. The summed E-state index contributed by atoms with van der Waals surface area (Å²) in [5.74, 6) is 0. The zero-order chi connectivity index (χ0) is 19.9. The van der Waals surface area contributed by atoms with E-state index in [4.69, 9.17) is 0 Å². The highest BCUT2D eigenvalue weighted by atomic mass is 15.1. The molecule has 0 bridgehead atoms. The van der Waals surface area contributed by atoms with Gasteiger partial charge in [-0.1, -0.05) is 24.3 Å². The molecule has 1 aromatic carbocycles. The predicted molar refractivity (Wildman–Crippen MR) is 120 cm³/mol. The Labute approximate surface area is 173 Å². The van der Waals surface area contributed by atoms with E-state index in [2.05, 4.69) is 66.9 Å². The van der Waals surface area contributed by atoms with E-state index in [1.54, 1.807) is 0 Å². The Morgan fingerprint density at radius 2 is 1.87 bits per heavy atom. The fraction of sp³-hybridized carbons (Fsp3) is 0.125. The van der Waals surface area contributed by atoms with Gasteiger partial charge in [-0.25, -0.2) is 0 Å². The molecule has 0 spiro atoms. The Bertz CT molecular complexity index is 1390. The van der Waals surface area contributed by atoms with Gasteiger partial charge in [0.15, 0.2) is 0 Å². The lowest BCUT2D eigenvalue weighted by atomic mass is 10.0. The quantitative estimate of drug-likeness (QED) is 0.421. The van der Waals surface area contributed by atoms with Crippen molar-refractivity contribution < 1.29 is 0 Å². The van der Waals surface area contributed by atoms with Crippen molar-refractivity contribution in [1.82, 2.24) is 30.5 Å². The lowest BCUT2D eigenvalue weighted by Gasteiger charge is -2.13. The summed E-state index contributed by atoms with van der Waals surface area (Å²) in [5, 5.41) is 13.3. The standard InChI is InChI=1S/C24H20N6/c1-2-9-26-19(5-1)16-4-3-6-20-17(16)12-22(28-20)24-18-13-21(15-7-10-25-11-8-15)27-14-23(18)29-30-24/h1-7,9,12-14,25,28H,8,10-11H2,(H,29,30). The number of nitrogens with zero attached hydrogens (tertiary/aromatic N) is 3. The number of rotatable bonds is 3. The SMILES string of the molecule is C1=C(c2cc3c(-c4cc5c(-c6ccccn6)cccc5[nH]4)n[nH]c3cn2)CCNC1. The molecular formula is C24H20N6. The molecule has 0 atom stereocenters. The van der Waals surface area contributed by atoms with Crippen molar-refractivity contribution >= 4 is 27.4 Å². The Kier molecular flexibility index (Phi) is 3.95. The molecule has 0 unspecified atom stereocenters. The minimum Gasteiger partial charge on any atom is -0.353 e. The molecular weight excluding hydrogens is 372 g/mol. The summed E-state index contributed by atoms with van der Waals surface area (Å²) in [7, 11) is 0. The van der Waals surface area contributed by atoms with E-state index >= 15 is 0 Å². The van der Waals surface area contributed by atoms with Gasteiger partial charge in [-0.3, -0.25) is 15.1 Å². The highest BCUT2D eigenvalue weighted by Gasteiger charge is 2.16. The minimum atomic E-state index is 0.894. The maximum Gasteiger partial charge on any atom is 0.116 e. The van der Waals surface area contributed by atoms with E-state index in [1.165, 1.54) is 5.57 Å². The lowest BCUT2D eigenvalue weighted by Crippen LogP contribution is -2.20. The normalized spacial score (nSPS) is 14.3. The van der Waals surface area contributed by atoms with Gasteiger partial charge in [0.2, 0.25) is 0 Å². The molecule has 30 heavy (non-hydrogen) atoms. The van der Waals surface area contributed by atoms with Crippen LogP contribution in [0.1, 0.15) is 12.1 Å². The summed E-state index contributed by atoms with van der Waals surface area (Å²) in [6, 6.07) is 16.6. The van der Waals surface area contributed by atoms with E-state index in [-0.39, 0.29) is 0 Å². The van der Waals surface area contributed by atoms with Crippen molar-refractivity contribution in [3.63, 3.8) is 0 Å². The maximum absolute atomic E-state index is 4.65. The summed E-state index contributed by atoms with van der Waals surface area (Å²) < 4.78 is 0. The highest BCUT2D eigenvalue weighted by Crippen LogP contribution is 2.34. The molecule has 6 nitrogen and oxygen atoms in total. The molecule has 5 aromatic rings. The third kappa shape index (κ3) is 2.81. The van der Waals surface area contributed by atoms with Crippen molar-refractivity contribution in [2.24, 2.45) is 0 Å². The molecule has 1 aliphatic heterocycles. The second-order valence-electron chi connectivity index (χ2n) is 7.54. The van der Waals surface area contributed by atoms with Gasteiger partial charge in [-0.05, 0) is 48.9 Å². The van der Waals surface area contributed by atoms with Crippen LogP contribution in [0.2, 0.25) is 0 Å². The number of fused-ring (bicyclic) bond motifs is 2. The van der Waals surface area contributed by atoms with Gasteiger partial charge in [0, 0.05) is 34.6 Å². The molecule has 0 amide bonds. The molecule has 6 heteroatoms. The van der Waals surface area contributed by atoms with Crippen LogP contribution in [0.3, 0.4) is 0 Å². The number of hydrogen-bond donors (Lipinski definition) is 3. The topological polar surface area (TPSA) is 82.3 Å². The number of nitrogens with one attached hydrogen (secondary N) is 3. The first kappa shape index (κ1) is 17.1. The van der Waals surface area contributed by atoms with Crippen LogP contribution in [0, 0.1) is 0 Å². The van der Waals surface area contributed by atoms with Crippen LogP contribution in [0.15, 0.2) is 67.0 Å². The third-order valence-electron chi connectivity index (χ3n) is 5.70. The number of hydrogen-bond acceptors (Lipinski definition) is 4. The van der Waals surface area contributed by atoms with Gasteiger partial charge in [0.1, 0.15) is 5.69 Å². The van der Waals surface area contributed by atoms with Crippen molar-refractivity contribution in [1.29, 1.82) is 0 Å². The van der Waals surface area contributed by atoms with E-state index in [0.29, 0.717) is 0 Å². The summed E-state index contributed by atoms with van der Waals surface area (Å²) in [6.45, 7) is 1.88. The first-order valence-electron chi connectivity index (χ1n) is 10.1. The maximum atomic E-state index is 4.65. The molecule has 6 rings (SSSR count). The van der Waals surface area contributed by atoms with Gasteiger partial charge in [-0.2, -0.15) is 5.10 Å². The van der Waals surface area contributed by atoms with Gasteiger partial charge < -0.3 is 10.3 Å². The second kappa shape index (κ2) is 6.93. The second-order valence-corrected chi connectivity index (χ2v) is 7.54. The molecule has 0 aliphatic carbocycles. The Morgan fingerprint density at radius 1 is 0.867 bits per heavy atom. The molecule has 3 N–H and O–H groups in total. The van der Waals surface area contributed by atoms with Crippen molar-refractivity contribution in [3.8, 4) is 22.6 Å². The van der Waals surface area contributed by atoms with Crippen LogP contribution in [0.4, 0.5) is 0 Å². The number of pyridine rings is 2. The predicted octanol–water partition coefficient (Wildman–Crippen LogP) is 4.54. The summed E-state index contributed by atoms with van der Waals surface area (Å²) in [6.07, 6.45) is 6.92. The zero-order valence-corrected chi connectivity index (χ0v) is 16.3. The fourth-order valence-electron chi connectivity index (χ4n) is 4.18. The monoisotopic (exact) mass is 392 g/mol. The Morgan fingerprint density at radius 3 is 2.73 bits per heavy atom. The molecule has 4 aromatic heterocycles. The molecule has 0 saturated heterocycles. The van der Waals surface area contributed by atoms with E-state index in [0.717, 1.165) is 69.7 Å². The molecule has 146 valence electrons. The highest BCUT2D eigenvalue weighted by molar-refractivity contribution is 6.00. The number of H-pyrrole nitrogens is 2. The van der Waals surface area contributed by atoms with E-state index in [9.17, 15) is 0 Å². The average Bonchev–Trinajstić information content (AvgIpc) is 3.43. The number of aromatic amines is 2. The lowest BCUT2D eigenvalue weighted by molar-refractivity contribution is 0.737. The van der Waals surface area contributed by atoms with Gasteiger partial charge in [0.05, 0.1) is 28.8 Å². The first-order chi connectivity index (χ1) is 14.9. The summed E-state index contributed by atoms with van der Waals surface area (Å²) in [5.41, 5.74) is 8.28. The Balaban J connectivity index is 1.50. The summed E-state index contributed by atoms with van der Waals surface area (Å²) >= 11 is 0. The molecule has 0 radical (unpaired) electrons. The van der Waals surface area contributed by atoms with Crippen LogP contribution in [-0.2, 0) is 0 Å². The van der Waals surface area contributed by atoms with Crippen LogP contribution < -0.4 is 5.32 Å². The van der Waals surface area contributed by atoms with Gasteiger partial charge in [-0.15, -0.1) is 0 Å². The average molecular weight is 392 g/mol. The van der Waals surface area contributed by atoms with Crippen molar-refractivity contribution in [2.75, 3.05) is 13.1 Å². The summed E-state index contributed by atoms with van der Waals surface area (Å²) in [4.78, 5) is 12.7. The molecule has 0 saturated carbocycles. The van der Waals surface area contributed by atoms with Crippen LogP contribution in [-0.4, -0.2) is 38.2 Å². The van der Waals surface area contributed by atoms with Crippen LogP contribution in [0.5, 0.6) is 0 Å². The van der Waals surface area contributed by atoms with Gasteiger partial charge >= 0.3 is 0 Å². The van der Waals surface area contributed by atoms with Crippen molar-refractivity contribution in [3.05, 3.63) is 72.7 Å². The molecule has 5 heterocycles. The smallest absolute Gasteiger partial charge is 0.116 e. The molecule has 1 aliphatic rings. The van der Waals surface area contributed by atoms with E-state index in [1.807, 2.05) is 30.6 Å². The minimum absolute atomic E-state index is 0.894. The van der Waals surface area contributed by atoms with Gasteiger partial charge in [0.25, 0.3) is 0 Å². The van der Waals surface area contributed by atoms with Crippen molar-refractivity contribution in [2.45, 2.75) is 6.42 Å². The fourth-order valence-corrected chi connectivity index (χ4v) is 4.18. The van der Waals surface area contributed by atoms with E-state index < -0.39 is 0 Å². The zero-order valence-electron chi connectivity index (χ0n) is 16.3. The number of aromatic nitrogens is 5.